The standard InChI is InChI=1S/C9H13NO4/c1-5(11)10-3-6-2-7(4-10)14-8(6)9(12)13/h6-8H,2-4H2,1H3,(H,12,13). The number of fused-ring (bicyclic) bond motifs is 2. The highest BCUT2D eigenvalue weighted by Crippen LogP contribution is 2.32. The molecule has 5 nitrogen and oxygen atoms in total. The van der Waals surface area contributed by atoms with Gasteiger partial charge in [-0.25, -0.2) is 4.79 Å². The summed E-state index contributed by atoms with van der Waals surface area (Å²) in [5, 5.41) is 8.86. The number of likely N-dealkylation sites (tertiary alicyclic amines) is 1. The largest absolute Gasteiger partial charge is 0.479 e. The first kappa shape index (κ1) is 9.45. The summed E-state index contributed by atoms with van der Waals surface area (Å²) in [4.78, 5) is 23.6. The van der Waals surface area contributed by atoms with E-state index in [4.69, 9.17) is 9.84 Å². The van der Waals surface area contributed by atoms with Crippen molar-refractivity contribution >= 4 is 11.9 Å². The molecule has 0 aromatic rings. The van der Waals surface area contributed by atoms with Crippen molar-refractivity contribution < 1.29 is 19.4 Å². The number of amides is 1. The van der Waals surface area contributed by atoms with E-state index in [9.17, 15) is 9.59 Å². The molecule has 0 aromatic heterocycles. The van der Waals surface area contributed by atoms with Gasteiger partial charge < -0.3 is 14.7 Å². The van der Waals surface area contributed by atoms with Gasteiger partial charge in [0.05, 0.1) is 6.10 Å². The number of aliphatic carboxylic acids is 1. The van der Waals surface area contributed by atoms with Crippen molar-refractivity contribution in [1.29, 1.82) is 0 Å². The van der Waals surface area contributed by atoms with Crippen LogP contribution < -0.4 is 0 Å². The Morgan fingerprint density at radius 2 is 2.14 bits per heavy atom. The van der Waals surface area contributed by atoms with Crippen molar-refractivity contribution in [2.75, 3.05) is 13.1 Å². The molecule has 0 aliphatic carbocycles. The van der Waals surface area contributed by atoms with E-state index in [-0.39, 0.29) is 17.9 Å². The lowest BCUT2D eigenvalue weighted by Crippen LogP contribution is -2.42. The highest BCUT2D eigenvalue weighted by molar-refractivity contribution is 5.75. The first-order valence-corrected chi connectivity index (χ1v) is 4.71. The number of hydrogen-bond donors (Lipinski definition) is 1. The average molecular weight is 199 g/mol. The number of nitrogens with zero attached hydrogens (tertiary/aromatic N) is 1. The van der Waals surface area contributed by atoms with Crippen molar-refractivity contribution in [1.82, 2.24) is 4.90 Å². The molecule has 0 aromatic carbocycles. The minimum atomic E-state index is -0.914. The van der Waals surface area contributed by atoms with E-state index >= 15 is 0 Å². The van der Waals surface area contributed by atoms with E-state index < -0.39 is 12.1 Å². The number of hydrogen-bond acceptors (Lipinski definition) is 3. The Balaban J connectivity index is 2.08. The lowest BCUT2D eigenvalue weighted by Gasteiger charge is -2.29. The van der Waals surface area contributed by atoms with Crippen LogP contribution in [0.2, 0.25) is 0 Å². The summed E-state index contributed by atoms with van der Waals surface area (Å²) in [5.74, 6) is -0.951. The fourth-order valence-corrected chi connectivity index (χ4v) is 2.24. The van der Waals surface area contributed by atoms with Gasteiger partial charge in [0.15, 0.2) is 6.10 Å². The molecule has 0 radical (unpaired) electrons. The zero-order valence-electron chi connectivity index (χ0n) is 7.97. The van der Waals surface area contributed by atoms with Crippen LogP contribution in [0, 0.1) is 5.92 Å². The predicted octanol–water partition coefficient (Wildman–Crippen LogP) is -0.293. The lowest BCUT2D eigenvalue weighted by molar-refractivity contribution is -0.150. The van der Waals surface area contributed by atoms with Gasteiger partial charge in [-0.05, 0) is 6.42 Å². The Kier molecular flexibility index (Phi) is 2.19. The monoisotopic (exact) mass is 199 g/mol. The van der Waals surface area contributed by atoms with Crippen LogP contribution in [0.15, 0.2) is 0 Å². The van der Waals surface area contributed by atoms with Crippen LogP contribution in [0.1, 0.15) is 13.3 Å². The minimum Gasteiger partial charge on any atom is -0.479 e. The van der Waals surface area contributed by atoms with Gasteiger partial charge in [-0.3, -0.25) is 4.79 Å². The van der Waals surface area contributed by atoms with E-state index in [1.807, 2.05) is 0 Å². The first-order chi connectivity index (χ1) is 6.58. The summed E-state index contributed by atoms with van der Waals surface area (Å²) in [6, 6.07) is 0. The average Bonchev–Trinajstić information content (AvgIpc) is 2.41. The third-order valence-electron chi connectivity index (χ3n) is 2.90. The molecular weight excluding hydrogens is 186 g/mol. The van der Waals surface area contributed by atoms with Gasteiger partial charge in [0, 0.05) is 25.9 Å². The highest BCUT2D eigenvalue weighted by atomic mass is 16.5. The molecule has 78 valence electrons. The number of carbonyl (C=O) groups is 2. The molecular formula is C9H13NO4. The Hall–Kier alpha value is -1.10. The summed E-state index contributed by atoms with van der Waals surface area (Å²) in [7, 11) is 0. The molecule has 2 aliphatic heterocycles. The Morgan fingerprint density at radius 1 is 1.43 bits per heavy atom. The van der Waals surface area contributed by atoms with Crippen LogP contribution in [-0.2, 0) is 14.3 Å². The first-order valence-electron chi connectivity index (χ1n) is 4.71. The number of carboxylic acid groups (broad SMARTS) is 1. The van der Waals surface area contributed by atoms with Crippen molar-refractivity contribution in [2.24, 2.45) is 5.92 Å². The molecule has 2 fully saturated rings. The minimum absolute atomic E-state index is 0.00524. The van der Waals surface area contributed by atoms with E-state index in [2.05, 4.69) is 0 Å². The zero-order chi connectivity index (χ0) is 10.3. The number of rotatable bonds is 1. The van der Waals surface area contributed by atoms with Gasteiger partial charge in [0.1, 0.15) is 0 Å². The molecule has 2 aliphatic rings. The molecule has 2 saturated heterocycles. The van der Waals surface area contributed by atoms with E-state index in [1.165, 1.54) is 6.92 Å². The highest BCUT2D eigenvalue weighted by Gasteiger charge is 2.45. The second-order valence-corrected chi connectivity index (χ2v) is 3.94. The maximum atomic E-state index is 11.1. The van der Waals surface area contributed by atoms with Gasteiger partial charge >= 0.3 is 5.97 Å². The van der Waals surface area contributed by atoms with E-state index in [1.54, 1.807) is 4.90 Å². The number of carboxylic acids is 1. The Bertz CT molecular complexity index is 276. The van der Waals surface area contributed by atoms with Gasteiger partial charge in [0.25, 0.3) is 0 Å². The summed E-state index contributed by atoms with van der Waals surface area (Å²) >= 11 is 0. The molecule has 2 bridgehead atoms. The van der Waals surface area contributed by atoms with Crippen molar-refractivity contribution in [3.63, 3.8) is 0 Å². The maximum Gasteiger partial charge on any atom is 0.333 e. The maximum absolute atomic E-state index is 11.1. The van der Waals surface area contributed by atoms with Crippen LogP contribution >= 0.6 is 0 Å². The van der Waals surface area contributed by atoms with Crippen LogP contribution in [0.25, 0.3) is 0 Å². The quantitative estimate of drug-likeness (QED) is 0.630. The fourth-order valence-electron chi connectivity index (χ4n) is 2.24. The molecule has 0 spiro atoms. The topological polar surface area (TPSA) is 66.8 Å². The van der Waals surface area contributed by atoms with Crippen molar-refractivity contribution in [2.45, 2.75) is 25.6 Å². The molecule has 1 amide bonds. The zero-order valence-corrected chi connectivity index (χ0v) is 7.97. The molecule has 3 atom stereocenters. The normalized spacial score (nSPS) is 35.8. The Morgan fingerprint density at radius 3 is 2.71 bits per heavy atom. The molecule has 2 rings (SSSR count). The number of ether oxygens (including phenoxy) is 1. The van der Waals surface area contributed by atoms with E-state index in [0.717, 1.165) is 6.42 Å². The van der Waals surface area contributed by atoms with E-state index in [0.29, 0.717) is 13.1 Å². The van der Waals surface area contributed by atoms with Gasteiger partial charge in [-0.1, -0.05) is 0 Å². The van der Waals surface area contributed by atoms with Gasteiger partial charge in [-0.2, -0.15) is 0 Å². The smallest absolute Gasteiger partial charge is 0.333 e. The van der Waals surface area contributed by atoms with Crippen molar-refractivity contribution in [3.8, 4) is 0 Å². The summed E-state index contributed by atoms with van der Waals surface area (Å²) in [6.07, 6.45) is -0.0381. The molecule has 0 saturated carbocycles. The molecule has 2 heterocycles. The van der Waals surface area contributed by atoms with Crippen LogP contribution in [0.4, 0.5) is 0 Å². The second-order valence-electron chi connectivity index (χ2n) is 3.94. The third kappa shape index (κ3) is 1.48. The number of piperidine rings is 1. The van der Waals surface area contributed by atoms with Crippen LogP contribution in [0.5, 0.6) is 0 Å². The molecule has 14 heavy (non-hydrogen) atoms. The van der Waals surface area contributed by atoms with Gasteiger partial charge in [0.2, 0.25) is 5.91 Å². The second kappa shape index (κ2) is 3.24. The van der Waals surface area contributed by atoms with Crippen LogP contribution in [-0.4, -0.2) is 47.2 Å². The predicted molar refractivity (Wildman–Crippen MR) is 46.7 cm³/mol. The SMILES string of the molecule is CC(=O)N1CC2CC(C1)C(C(=O)O)O2. The van der Waals surface area contributed by atoms with Crippen molar-refractivity contribution in [3.05, 3.63) is 0 Å². The third-order valence-corrected chi connectivity index (χ3v) is 2.90. The Labute approximate surface area is 81.6 Å². The lowest BCUT2D eigenvalue weighted by atomic mass is 9.95. The summed E-state index contributed by atoms with van der Waals surface area (Å²) in [5.41, 5.74) is 0. The number of carbonyl (C=O) groups excluding carboxylic acids is 1. The molecule has 1 N–H and O–H groups in total. The fraction of sp³-hybridized carbons (Fsp3) is 0.778. The van der Waals surface area contributed by atoms with Crippen LogP contribution in [0.3, 0.4) is 0 Å². The summed E-state index contributed by atoms with van der Waals surface area (Å²) in [6.45, 7) is 2.55. The van der Waals surface area contributed by atoms with Gasteiger partial charge in [-0.15, -0.1) is 0 Å². The molecule has 5 heteroatoms. The summed E-state index contributed by atoms with van der Waals surface area (Å²) < 4.78 is 5.33. The molecule has 3 unspecified atom stereocenters.